The van der Waals surface area contributed by atoms with Crippen molar-refractivity contribution in [3.63, 3.8) is 0 Å². The third kappa shape index (κ3) is 2.04. The Morgan fingerprint density at radius 1 is 1.43 bits per heavy atom. The van der Waals surface area contributed by atoms with E-state index in [0.29, 0.717) is 16.1 Å². The Balaban J connectivity index is 2.41. The van der Waals surface area contributed by atoms with E-state index in [2.05, 4.69) is 4.98 Å². The first-order valence-corrected chi connectivity index (χ1v) is 5.67. The summed E-state index contributed by atoms with van der Waals surface area (Å²) in [5, 5.41) is 0. The second-order valence-corrected chi connectivity index (χ2v) is 5.10. The van der Waals surface area contributed by atoms with Crippen molar-refractivity contribution in [2.24, 2.45) is 0 Å². The van der Waals surface area contributed by atoms with Crippen molar-refractivity contribution < 1.29 is 8.78 Å². The topological polar surface area (TPSA) is 12.9 Å². The molecule has 0 bridgehead atoms. The van der Waals surface area contributed by atoms with Crippen LogP contribution in [0.3, 0.4) is 0 Å². The summed E-state index contributed by atoms with van der Waals surface area (Å²) in [5.74, 6) is -2.39. The highest BCUT2D eigenvalue weighted by Crippen LogP contribution is 2.33. The smallest absolute Gasteiger partial charge is 0.229 e. The maximum atomic E-state index is 12.1. The lowest BCUT2D eigenvalue weighted by Crippen LogP contribution is -1.79. The van der Waals surface area contributed by atoms with E-state index in [-0.39, 0.29) is 0 Å². The lowest BCUT2D eigenvalue weighted by molar-refractivity contribution is 0.252. The number of alkyl halides is 2. The fourth-order valence-electron chi connectivity index (χ4n) is 1.14. The van der Waals surface area contributed by atoms with E-state index in [1.165, 1.54) is 11.3 Å². The van der Waals surface area contributed by atoms with Gasteiger partial charge in [0, 0.05) is 0 Å². The fourth-order valence-corrected chi connectivity index (χ4v) is 2.80. The number of nitrogens with zero attached hydrogens (tertiary/aromatic N) is 1. The Kier molecular flexibility index (Phi) is 2.69. The van der Waals surface area contributed by atoms with Crippen LogP contribution >= 0.6 is 23.1 Å². The number of thioether (sulfide) groups is 1. The molecule has 14 heavy (non-hydrogen) atoms. The number of hydrogen-bond donors (Lipinski definition) is 0. The Hall–Kier alpha value is -0.680. The average Bonchev–Trinajstić information content (AvgIpc) is 2.44. The van der Waals surface area contributed by atoms with Gasteiger partial charge >= 0.3 is 0 Å². The molecule has 0 spiro atoms. The Bertz CT molecular complexity index is 453. The molecule has 1 aromatic carbocycles. The largest absolute Gasteiger partial charge is 0.291 e. The van der Waals surface area contributed by atoms with Crippen molar-refractivity contribution in [1.29, 1.82) is 0 Å². The van der Waals surface area contributed by atoms with Crippen molar-refractivity contribution in [3.8, 4) is 0 Å². The number of rotatable bonds is 2. The molecular weight excluding hydrogens is 224 g/mol. The number of aryl methyl sites for hydroxylation is 1. The lowest BCUT2D eigenvalue weighted by Gasteiger charge is -1.90. The van der Waals surface area contributed by atoms with Crippen LogP contribution in [0.4, 0.5) is 8.78 Å². The summed E-state index contributed by atoms with van der Waals surface area (Å²) in [4.78, 5) is 4.12. The van der Waals surface area contributed by atoms with Crippen LogP contribution in [0.1, 0.15) is 5.56 Å². The van der Waals surface area contributed by atoms with Crippen LogP contribution in [0.15, 0.2) is 22.5 Å². The van der Waals surface area contributed by atoms with Crippen LogP contribution in [-0.4, -0.2) is 10.7 Å². The van der Waals surface area contributed by atoms with E-state index in [1.54, 1.807) is 0 Å². The highest BCUT2D eigenvalue weighted by Gasteiger charge is 2.10. The minimum Gasteiger partial charge on any atom is -0.229 e. The summed E-state index contributed by atoms with van der Waals surface area (Å²) in [6.45, 7) is 1.96. The van der Waals surface area contributed by atoms with Gasteiger partial charge in [0.25, 0.3) is 5.76 Å². The van der Waals surface area contributed by atoms with Gasteiger partial charge in [-0.3, -0.25) is 0 Å². The summed E-state index contributed by atoms with van der Waals surface area (Å²) in [7, 11) is 0. The minimum atomic E-state index is -2.39. The highest BCUT2D eigenvalue weighted by atomic mass is 32.2. The third-order valence-electron chi connectivity index (χ3n) is 1.71. The van der Waals surface area contributed by atoms with Crippen LogP contribution in [-0.2, 0) is 0 Å². The van der Waals surface area contributed by atoms with Gasteiger partial charge in [0.15, 0.2) is 4.34 Å². The zero-order valence-electron chi connectivity index (χ0n) is 7.33. The normalized spacial score (nSPS) is 11.4. The van der Waals surface area contributed by atoms with Gasteiger partial charge in [0.05, 0.1) is 10.2 Å². The van der Waals surface area contributed by atoms with Gasteiger partial charge in [-0.25, -0.2) is 4.98 Å². The number of thiazole rings is 1. The zero-order chi connectivity index (χ0) is 10.1. The standard InChI is InChI=1S/C9H7F2NS2/c1-5-2-3-7-6(4-5)12-9(13-7)14-8(10)11/h2-4,8H,1H3. The summed E-state index contributed by atoms with van der Waals surface area (Å²) >= 11 is 1.81. The van der Waals surface area contributed by atoms with Crippen molar-refractivity contribution in [3.05, 3.63) is 23.8 Å². The molecule has 1 nitrogen and oxygen atoms in total. The maximum Gasteiger partial charge on any atom is 0.291 e. The molecule has 2 rings (SSSR count). The molecule has 0 saturated carbocycles. The molecule has 0 saturated heterocycles. The predicted molar refractivity (Wildman–Crippen MR) is 56.2 cm³/mol. The molecule has 0 aliphatic heterocycles. The molecule has 0 unspecified atom stereocenters. The van der Waals surface area contributed by atoms with E-state index < -0.39 is 5.76 Å². The van der Waals surface area contributed by atoms with Gasteiger partial charge in [-0.1, -0.05) is 6.07 Å². The fraction of sp³-hybridized carbons (Fsp3) is 0.222. The first-order chi connectivity index (χ1) is 6.65. The molecule has 0 fully saturated rings. The third-order valence-corrected chi connectivity index (χ3v) is 3.55. The molecule has 0 aliphatic carbocycles. The Labute approximate surface area is 88.2 Å². The van der Waals surface area contributed by atoms with E-state index in [1.807, 2.05) is 25.1 Å². The van der Waals surface area contributed by atoms with Crippen molar-refractivity contribution in [2.75, 3.05) is 0 Å². The first-order valence-electron chi connectivity index (χ1n) is 3.97. The average molecular weight is 231 g/mol. The van der Waals surface area contributed by atoms with Gasteiger partial charge in [-0.2, -0.15) is 8.78 Å². The summed E-state index contributed by atoms with van der Waals surface area (Å²) in [5.41, 5.74) is 1.90. The molecule has 5 heteroatoms. The van der Waals surface area contributed by atoms with Crippen LogP contribution in [0, 0.1) is 6.92 Å². The second-order valence-electron chi connectivity index (χ2n) is 2.83. The number of halogens is 2. The molecule has 1 heterocycles. The van der Waals surface area contributed by atoms with Gasteiger partial charge in [0.1, 0.15) is 0 Å². The molecule has 1 aromatic heterocycles. The molecule has 0 atom stereocenters. The van der Waals surface area contributed by atoms with Gasteiger partial charge in [0.2, 0.25) is 0 Å². The summed E-state index contributed by atoms with van der Waals surface area (Å²) in [6, 6.07) is 5.77. The Morgan fingerprint density at radius 2 is 2.21 bits per heavy atom. The molecule has 74 valence electrons. The number of benzene rings is 1. The van der Waals surface area contributed by atoms with E-state index >= 15 is 0 Å². The molecule has 0 radical (unpaired) electrons. The van der Waals surface area contributed by atoms with Gasteiger partial charge in [-0.15, -0.1) is 11.3 Å². The van der Waals surface area contributed by atoms with Crippen LogP contribution in [0.5, 0.6) is 0 Å². The van der Waals surface area contributed by atoms with Crippen molar-refractivity contribution in [2.45, 2.75) is 17.0 Å². The van der Waals surface area contributed by atoms with Gasteiger partial charge < -0.3 is 0 Å². The monoisotopic (exact) mass is 231 g/mol. The van der Waals surface area contributed by atoms with Crippen molar-refractivity contribution >= 4 is 33.3 Å². The predicted octanol–water partition coefficient (Wildman–Crippen LogP) is 3.92. The highest BCUT2D eigenvalue weighted by molar-refractivity contribution is 8.01. The molecule has 2 aromatic rings. The van der Waals surface area contributed by atoms with Crippen molar-refractivity contribution in [1.82, 2.24) is 4.98 Å². The summed E-state index contributed by atoms with van der Waals surface area (Å²) < 4.78 is 25.5. The van der Waals surface area contributed by atoms with E-state index in [0.717, 1.165) is 15.8 Å². The Morgan fingerprint density at radius 3 is 2.93 bits per heavy atom. The lowest BCUT2D eigenvalue weighted by atomic mass is 10.2. The molecular formula is C9H7F2NS2. The number of aromatic nitrogens is 1. The summed E-state index contributed by atoms with van der Waals surface area (Å²) in [6.07, 6.45) is 0. The molecule has 0 N–H and O–H groups in total. The quantitative estimate of drug-likeness (QED) is 0.726. The van der Waals surface area contributed by atoms with Crippen LogP contribution in [0.2, 0.25) is 0 Å². The van der Waals surface area contributed by atoms with Gasteiger partial charge in [-0.05, 0) is 36.4 Å². The van der Waals surface area contributed by atoms with Crippen LogP contribution < -0.4 is 0 Å². The SMILES string of the molecule is Cc1ccc2sc(SC(F)F)nc2c1. The number of hydrogen-bond acceptors (Lipinski definition) is 3. The van der Waals surface area contributed by atoms with E-state index in [4.69, 9.17) is 0 Å². The number of fused-ring (bicyclic) bond motifs is 1. The minimum absolute atomic E-state index is 0.431. The molecule has 0 amide bonds. The van der Waals surface area contributed by atoms with Crippen LogP contribution in [0.25, 0.3) is 10.2 Å². The molecule has 0 aliphatic rings. The first kappa shape index (κ1) is 9.86. The second kappa shape index (κ2) is 3.82. The zero-order valence-corrected chi connectivity index (χ0v) is 8.96. The maximum absolute atomic E-state index is 12.1. The van der Waals surface area contributed by atoms with E-state index in [9.17, 15) is 8.78 Å².